The summed E-state index contributed by atoms with van der Waals surface area (Å²) in [6, 6.07) is 8.63. The van der Waals surface area contributed by atoms with Crippen molar-refractivity contribution in [3.63, 3.8) is 0 Å². The molecule has 1 fully saturated rings. The van der Waals surface area contributed by atoms with Gasteiger partial charge in [0.2, 0.25) is 0 Å². The molecular weight excluding hydrogens is 250 g/mol. The first kappa shape index (κ1) is 17.2. The second-order valence-corrected chi connectivity index (χ2v) is 4.46. The molecule has 1 saturated heterocycles. The number of nitrogens with zero attached hydrogens (tertiary/aromatic N) is 2. The Morgan fingerprint density at radius 2 is 1.72 bits per heavy atom. The SMILES string of the molecule is CN1CCN(c2ccccc2CCN)CC1.Cl.O. The number of nitrogens with two attached hydrogens (primary N) is 1. The number of rotatable bonds is 3. The number of piperazine rings is 1. The van der Waals surface area contributed by atoms with Crippen LogP contribution in [0.25, 0.3) is 0 Å². The summed E-state index contributed by atoms with van der Waals surface area (Å²) in [6.45, 7) is 5.27. The standard InChI is InChI=1S/C13H21N3.ClH.H2O/c1-15-8-10-16(11-9-15)13-5-3-2-4-12(13)6-7-14;;/h2-5H,6-11,14H2,1H3;1H;1H2. The van der Waals surface area contributed by atoms with Gasteiger partial charge in [-0.15, -0.1) is 12.4 Å². The summed E-state index contributed by atoms with van der Waals surface area (Å²) in [6.07, 6.45) is 0.975. The van der Waals surface area contributed by atoms with Crippen molar-refractivity contribution >= 4 is 18.1 Å². The van der Waals surface area contributed by atoms with E-state index in [1.807, 2.05) is 0 Å². The van der Waals surface area contributed by atoms with Crippen LogP contribution < -0.4 is 10.6 Å². The van der Waals surface area contributed by atoms with Crippen LogP contribution >= 0.6 is 12.4 Å². The highest BCUT2D eigenvalue weighted by Crippen LogP contribution is 2.21. The van der Waals surface area contributed by atoms with E-state index >= 15 is 0 Å². The summed E-state index contributed by atoms with van der Waals surface area (Å²) >= 11 is 0. The highest BCUT2D eigenvalue weighted by atomic mass is 35.5. The zero-order valence-electron chi connectivity index (χ0n) is 10.9. The predicted molar refractivity (Wildman–Crippen MR) is 79.8 cm³/mol. The summed E-state index contributed by atoms with van der Waals surface area (Å²) in [5, 5.41) is 0. The fourth-order valence-corrected chi connectivity index (χ4v) is 2.23. The normalized spacial score (nSPS) is 15.8. The van der Waals surface area contributed by atoms with Gasteiger partial charge in [-0.05, 0) is 31.6 Å². The molecule has 0 aromatic heterocycles. The maximum absolute atomic E-state index is 5.65. The minimum absolute atomic E-state index is 0. The first-order valence-electron chi connectivity index (χ1n) is 6.02. The Kier molecular flexibility index (Phi) is 7.95. The van der Waals surface area contributed by atoms with Crippen molar-refractivity contribution in [1.82, 2.24) is 4.90 Å². The van der Waals surface area contributed by atoms with Gasteiger partial charge in [-0.1, -0.05) is 18.2 Å². The summed E-state index contributed by atoms with van der Waals surface area (Å²) in [5.74, 6) is 0. The van der Waals surface area contributed by atoms with E-state index in [4.69, 9.17) is 5.73 Å². The Labute approximate surface area is 115 Å². The van der Waals surface area contributed by atoms with Crippen LogP contribution in [-0.2, 0) is 6.42 Å². The fraction of sp³-hybridized carbons (Fsp3) is 0.538. The smallest absolute Gasteiger partial charge is 0.0400 e. The quantitative estimate of drug-likeness (QED) is 0.874. The van der Waals surface area contributed by atoms with E-state index in [2.05, 4.69) is 41.1 Å². The average Bonchev–Trinajstić information content (AvgIpc) is 2.32. The van der Waals surface area contributed by atoms with Crippen LogP contribution in [0.3, 0.4) is 0 Å². The molecule has 0 atom stereocenters. The van der Waals surface area contributed by atoms with Gasteiger partial charge in [-0.2, -0.15) is 0 Å². The van der Waals surface area contributed by atoms with Crippen LogP contribution in [0, 0.1) is 0 Å². The molecule has 0 saturated carbocycles. The van der Waals surface area contributed by atoms with E-state index in [0.717, 1.165) is 39.1 Å². The lowest BCUT2D eigenvalue weighted by molar-refractivity contribution is 0.312. The number of likely N-dealkylation sites (N-methyl/N-ethyl adjacent to an activating group) is 1. The first-order valence-corrected chi connectivity index (χ1v) is 6.02. The van der Waals surface area contributed by atoms with Crippen LogP contribution in [0.5, 0.6) is 0 Å². The number of benzene rings is 1. The van der Waals surface area contributed by atoms with Gasteiger partial charge < -0.3 is 21.0 Å². The highest BCUT2D eigenvalue weighted by molar-refractivity contribution is 5.85. The van der Waals surface area contributed by atoms with Crippen molar-refractivity contribution in [1.29, 1.82) is 0 Å². The fourth-order valence-electron chi connectivity index (χ4n) is 2.23. The second-order valence-electron chi connectivity index (χ2n) is 4.46. The van der Waals surface area contributed by atoms with Crippen LogP contribution in [0.4, 0.5) is 5.69 Å². The van der Waals surface area contributed by atoms with Crippen LogP contribution in [0.2, 0.25) is 0 Å². The molecule has 0 radical (unpaired) electrons. The minimum atomic E-state index is 0. The molecule has 4 nitrogen and oxygen atoms in total. The van der Waals surface area contributed by atoms with Crippen molar-refractivity contribution in [3.05, 3.63) is 29.8 Å². The van der Waals surface area contributed by atoms with Gasteiger partial charge in [-0.25, -0.2) is 0 Å². The molecule has 5 heteroatoms. The Hall–Kier alpha value is -0.810. The van der Waals surface area contributed by atoms with Crippen molar-refractivity contribution < 1.29 is 5.48 Å². The molecule has 0 bridgehead atoms. The molecule has 0 amide bonds. The third-order valence-corrected chi connectivity index (χ3v) is 3.25. The van der Waals surface area contributed by atoms with Gasteiger partial charge in [-0.3, -0.25) is 0 Å². The number of hydrogen-bond donors (Lipinski definition) is 1. The van der Waals surface area contributed by atoms with E-state index in [1.54, 1.807) is 0 Å². The summed E-state index contributed by atoms with van der Waals surface area (Å²) in [5.41, 5.74) is 8.41. The molecule has 18 heavy (non-hydrogen) atoms. The number of para-hydroxylation sites is 1. The molecule has 1 aromatic carbocycles. The Morgan fingerprint density at radius 3 is 2.33 bits per heavy atom. The maximum atomic E-state index is 5.65. The molecule has 4 N–H and O–H groups in total. The van der Waals surface area contributed by atoms with Crippen molar-refractivity contribution in [2.75, 3.05) is 44.7 Å². The zero-order chi connectivity index (χ0) is 11.4. The minimum Gasteiger partial charge on any atom is -0.412 e. The second kappa shape index (κ2) is 8.32. The lowest BCUT2D eigenvalue weighted by Crippen LogP contribution is -2.44. The number of hydrogen-bond acceptors (Lipinski definition) is 3. The van der Waals surface area contributed by atoms with E-state index in [-0.39, 0.29) is 17.9 Å². The Morgan fingerprint density at radius 1 is 1.11 bits per heavy atom. The van der Waals surface area contributed by atoms with Crippen LogP contribution in [-0.4, -0.2) is 50.1 Å². The molecule has 1 aliphatic rings. The summed E-state index contributed by atoms with van der Waals surface area (Å²) < 4.78 is 0. The van der Waals surface area contributed by atoms with Crippen molar-refractivity contribution in [2.24, 2.45) is 5.73 Å². The van der Waals surface area contributed by atoms with Gasteiger partial charge in [0.1, 0.15) is 0 Å². The zero-order valence-corrected chi connectivity index (χ0v) is 11.7. The first-order chi connectivity index (χ1) is 7.81. The molecule has 2 rings (SSSR count). The van der Waals surface area contributed by atoms with Gasteiger partial charge in [0.05, 0.1) is 0 Å². The topological polar surface area (TPSA) is 64.0 Å². The lowest BCUT2D eigenvalue weighted by Gasteiger charge is -2.35. The summed E-state index contributed by atoms with van der Waals surface area (Å²) in [7, 11) is 2.18. The van der Waals surface area contributed by atoms with Gasteiger partial charge in [0.25, 0.3) is 0 Å². The summed E-state index contributed by atoms with van der Waals surface area (Å²) in [4.78, 5) is 4.85. The predicted octanol–water partition coefficient (Wildman–Crippen LogP) is 0.537. The lowest BCUT2D eigenvalue weighted by atomic mass is 10.1. The molecule has 0 spiro atoms. The average molecular weight is 274 g/mol. The largest absolute Gasteiger partial charge is 0.412 e. The third-order valence-electron chi connectivity index (χ3n) is 3.25. The van der Waals surface area contributed by atoms with E-state index in [0.29, 0.717) is 0 Å². The van der Waals surface area contributed by atoms with Gasteiger partial charge in [0.15, 0.2) is 0 Å². The van der Waals surface area contributed by atoms with Crippen molar-refractivity contribution in [2.45, 2.75) is 6.42 Å². The van der Waals surface area contributed by atoms with E-state index in [9.17, 15) is 0 Å². The molecular formula is C13H24ClN3O. The Bertz CT molecular complexity index is 341. The number of anilines is 1. The molecule has 104 valence electrons. The third kappa shape index (κ3) is 4.14. The van der Waals surface area contributed by atoms with Gasteiger partial charge in [0, 0.05) is 31.9 Å². The monoisotopic (exact) mass is 273 g/mol. The van der Waals surface area contributed by atoms with Crippen molar-refractivity contribution in [3.8, 4) is 0 Å². The molecule has 1 heterocycles. The molecule has 0 aliphatic carbocycles. The van der Waals surface area contributed by atoms with E-state index in [1.165, 1.54) is 11.3 Å². The van der Waals surface area contributed by atoms with Gasteiger partial charge >= 0.3 is 0 Å². The molecule has 1 aromatic rings. The van der Waals surface area contributed by atoms with E-state index < -0.39 is 0 Å². The van der Waals surface area contributed by atoms with Crippen LogP contribution in [0.15, 0.2) is 24.3 Å². The van der Waals surface area contributed by atoms with Crippen LogP contribution in [0.1, 0.15) is 5.56 Å². The molecule has 1 aliphatic heterocycles. The maximum Gasteiger partial charge on any atom is 0.0400 e. The Balaban J connectivity index is 0.00000144. The highest BCUT2D eigenvalue weighted by Gasteiger charge is 2.15. The number of halogens is 1. The molecule has 0 unspecified atom stereocenters.